The fourth-order valence-electron chi connectivity index (χ4n) is 7.26. The Morgan fingerprint density at radius 2 is 1.36 bits per heavy atom. The Bertz CT molecular complexity index is 2310. The van der Waals surface area contributed by atoms with Crippen LogP contribution in [0.15, 0.2) is 83.8 Å². The van der Waals surface area contributed by atoms with Gasteiger partial charge in [0.1, 0.15) is 24.1 Å². The van der Waals surface area contributed by atoms with Gasteiger partial charge in [0.15, 0.2) is 6.23 Å². The highest BCUT2D eigenvalue weighted by molar-refractivity contribution is 6.44. The number of hydrogen-bond donors (Lipinski definition) is 3. The topological polar surface area (TPSA) is 120 Å². The first-order valence-electron chi connectivity index (χ1n) is 14.0. The van der Waals surface area contributed by atoms with Gasteiger partial charge in [-0.05, 0) is 82.3 Å². The fraction of sp³-hybridized carbons (Fsp3) is 0.176. The lowest BCUT2D eigenvalue weighted by Gasteiger charge is -2.24. The minimum atomic E-state index is -1.15. The molecule has 1 aliphatic heterocycles. The molecule has 4 N–H and O–H groups in total. The molecule has 1 aromatic heterocycles. The van der Waals surface area contributed by atoms with Crippen LogP contribution < -0.4 is 11.4 Å². The van der Waals surface area contributed by atoms with E-state index in [2.05, 4.69) is 71.7 Å². The van der Waals surface area contributed by atoms with Crippen LogP contribution in [-0.4, -0.2) is 44.7 Å². The van der Waals surface area contributed by atoms with E-state index in [9.17, 15) is 15.0 Å². The third-order valence-electron chi connectivity index (χ3n) is 9.14. The zero-order valence-electron chi connectivity index (χ0n) is 22.3. The third kappa shape index (κ3) is 3.09. The van der Waals surface area contributed by atoms with Crippen molar-refractivity contribution in [3.63, 3.8) is 0 Å². The van der Waals surface area contributed by atoms with Crippen molar-refractivity contribution in [2.45, 2.75) is 31.1 Å². The van der Waals surface area contributed by atoms with E-state index >= 15 is 0 Å². The average molecular weight is 556 g/mol. The van der Waals surface area contributed by atoms with E-state index in [-0.39, 0.29) is 12.4 Å². The molecule has 0 radical (unpaired) electrons. The van der Waals surface area contributed by atoms with E-state index in [0.717, 1.165) is 16.3 Å². The predicted molar refractivity (Wildman–Crippen MR) is 164 cm³/mol. The number of nitrogens with zero attached hydrogens (tertiary/aromatic N) is 2. The molecule has 4 atom stereocenters. The van der Waals surface area contributed by atoms with E-state index in [0.29, 0.717) is 0 Å². The molecule has 1 fully saturated rings. The first-order valence-corrected chi connectivity index (χ1v) is 14.0. The number of hydrogen-bond acceptors (Lipinski definition) is 7. The summed E-state index contributed by atoms with van der Waals surface area (Å²) in [5, 5.41) is 35.5. The molecule has 8 aromatic rings. The molecule has 0 aliphatic carbocycles. The Balaban J connectivity index is 1.24. The molecule has 8 nitrogen and oxygen atoms in total. The van der Waals surface area contributed by atoms with E-state index in [4.69, 9.17) is 15.2 Å². The van der Waals surface area contributed by atoms with Crippen LogP contribution in [0.1, 0.15) is 11.8 Å². The monoisotopic (exact) mass is 555 g/mol. The number of aliphatic hydroxyl groups excluding tert-OH is 2. The van der Waals surface area contributed by atoms with Gasteiger partial charge in [-0.1, -0.05) is 60.7 Å². The molecular formula is C34H25N3O5. The minimum absolute atomic E-state index is 0.0859. The van der Waals surface area contributed by atoms with Crippen molar-refractivity contribution in [1.82, 2.24) is 9.55 Å². The maximum Gasteiger partial charge on any atom is 0.351 e. The smallest absolute Gasteiger partial charge is 0.351 e. The van der Waals surface area contributed by atoms with Crippen molar-refractivity contribution in [3.05, 3.63) is 95.0 Å². The SMILES string of the molecule is Nc1ccn([C@@H]2O[C@H](CO)C(O)[C@@H]2OCc2cc3ccc4ccc5ccc6ccc7ccc2c2c7c6c5c4c32)c(=O)n1. The Hall–Kier alpha value is -4.60. The van der Waals surface area contributed by atoms with Crippen LogP contribution >= 0.6 is 0 Å². The van der Waals surface area contributed by atoms with Crippen molar-refractivity contribution >= 4 is 70.5 Å². The lowest BCUT2D eigenvalue weighted by Crippen LogP contribution is -2.38. The molecule has 0 bridgehead atoms. The molecule has 8 heteroatoms. The normalized spacial score (nSPS) is 21.5. The van der Waals surface area contributed by atoms with Crippen LogP contribution in [0.5, 0.6) is 0 Å². The summed E-state index contributed by atoms with van der Waals surface area (Å²) < 4.78 is 13.5. The molecule has 206 valence electrons. The Labute approximate surface area is 238 Å². The second kappa shape index (κ2) is 8.47. The summed E-state index contributed by atoms with van der Waals surface area (Å²) in [6.07, 6.45) is -2.50. The van der Waals surface area contributed by atoms with Gasteiger partial charge in [-0.25, -0.2) is 4.79 Å². The molecule has 1 unspecified atom stereocenters. The first-order chi connectivity index (χ1) is 20.5. The standard InChI is InChI=1S/C34H25N3O5/c35-24-11-12-37(34(40)36-24)33-32(31(39)23(14-38)42-33)41-15-21-13-20-8-7-18-4-2-16-1-3-17-5-6-19-9-10-22(21)30-28(19)26(17)25(16)27(18)29(20)30/h1-13,23,31-33,38-39H,14-15H2,(H2,35,36,40)/t23-,31?,32+,33-/m1/s1. The van der Waals surface area contributed by atoms with Crippen LogP contribution in [0.3, 0.4) is 0 Å². The van der Waals surface area contributed by atoms with Crippen molar-refractivity contribution < 1.29 is 19.7 Å². The van der Waals surface area contributed by atoms with Gasteiger partial charge in [0.2, 0.25) is 0 Å². The number of rotatable bonds is 5. The number of aliphatic hydroxyl groups is 2. The van der Waals surface area contributed by atoms with E-state index in [1.165, 1.54) is 70.7 Å². The highest BCUT2D eigenvalue weighted by atomic mass is 16.6. The lowest BCUT2D eigenvalue weighted by molar-refractivity contribution is -0.0794. The molecule has 42 heavy (non-hydrogen) atoms. The van der Waals surface area contributed by atoms with E-state index in [1.54, 1.807) is 0 Å². The van der Waals surface area contributed by atoms with Gasteiger partial charge in [-0.15, -0.1) is 0 Å². The van der Waals surface area contributed by atoms with Crippen molar-refractivity contribution in [2.24, 2.45) is 0 Å². The highest BCUT2D eigenvalue weighted by Gasteiger charge is 2.45. The molecule has 1 saturated heterocycles. The van der Waals surface area contributed by atoms with Gasteiger partial charge in [-0.2, -0.15) is 4.98 Å². The second-order valence-corrected chi connectivity index (χ2v) is 11.3. The molecule has 0 spiro atoms. The van der Waals surface area contributed by atoms with Gasteiger partial charge in [0.25, 0.3) is 0 Å². The molecule has 9 rings (SSSR count). The van der Waals surface area contributed by atoms with Gasteiger partial charge < -0.3 is 25.4 Å². The average Bonchev–Trinajstić information content (AvgIpc) is 3.32. The summed E-state index contributed by atoms with van der Waals surface area (Å²) in [4.78, 5) is 16.4. The zero-order valence-corrected chi connectivity index (χ0v) is 22.3. The number of ether oxygens (including phenoxy) is 2. The second-order valence-electron chi connectivity index (χ2n) is 11.3. The van der Waals surface area contributed by atoms with Crippen LogP contribution in [0.25, 0.3) is 64.6 Å². The zero-order chi connectivity index (χ0) is 28.3. The number of anilines is 1. The summed E-state index contributed by atoms with van der Waals surface area (Å²) in [6, 6.07) is 25.5. The Morgan fingerprint density at radius 1 is 0.810 bits per heavy atom. The van der Waals surface area contributed by atoms with Gasteiger partial charge in [-0.3, -0.25) is 4.57 Å². The molecule has 0 saturated carbocycles. The fourth-order valence-corrected chi connectivity index (χ4v) is 7.26. The summed E-state index contributed by atoms with van der Waals surface area (Å²) >= 11 is 0. The maximum absolute atomic E-state index is 12.6. The van der Waals surface area contributed by atoms with Gasteiger partial charge >= 0.3 is 5.69 Å². The van der Waals surface area contributed by atoms with Crippen LogP contribution in [-0.2, 0) is 16.1 Å². The number of benzene rings is 7. The molecule has 1 aliphatic rings. The van der Waals surface area contributed by atoms with Crippen molar-refractivity contribution in [1.29, 1.82) is 0 Å². The number of nitrogen functional groups attached to an aromatic ring is 1. The number of aromatic nitrogens is 2. The Morgan fingerprint density at radius 3 is 1.95 bits per heavy atom. The van der Waals surface area contributed by atoms with E-state index < -0.39 is 36.8 Å². The van der Waals surface area contributed by atoms with Crippen LogP contribution in [0.4, 0.5) is 5.82 Å². The first kappa shape index (κ1) is 24.0. The lowest BCUT2D eigenvalue weighted by atomic mass is 9.82. The van der Waals surface area contributed by atoms with Gasteiger partial charge in [0, 0.05) is 6.20 Å². The van der Waals surface area contributed by atoms with Gasteiger partial charge in [0.05, 0.1) is 13.2 Å². The molecule has 0 amide bonds. The highest BCUT2D eigenvalue weighted by Crippen LogP contribution is 2.49. The molecule has 7 aromatic carbocycles. The Kier molecular flexibility index (Phi) is 4.85. The van der Waals surface area contributed by atoms with Crippen LogP contribution in [0, 0.1) is 0 Å². The predicted octanol–water partition coefficient (Wildman–Crippen LogP) is 4.89. The quantitative estimate of drug-likeness (QED) is 0.204. The summed E-state index contributed by atoms with van der Waals surface area (Å²) in [6.45, 7) is -0.259. The van der Waals surface area contributed by atoms with Crippen molar-refractivity contribution in [2.75, 3.05) is 12.3 Å². The van der Waals surface area contributed by atoms with Crippen LogP contribution in [0.2, 0.25) is 0 Å². The summed E-state index contributed by atoms with van der Waals surface area (Å²) in [5.41, 5.74) is 6.02. The summed E-state index contributed by atoms with van der Waals surface area (Å²) in [5.74, 6) is 0.0859. The summed E-state index contributed by atoms with van der Waals surface area (Å²) in [7, 11) is 0. The number of nitrogens with two attached hydrogens (primary N) is 1. The maximum atomic E-state index is 12.6. The minimum Gasteiger partial charge on any atom is -0.394 e. The molecule has 2 heterocycles. The third-order valence-corrected chi connectivity index (χ3v) is 9.14. The molecular weight excluding hydrogens is 530 g/mol. The largest absolute Gasteiger partial charge is 0.394 e. The van der Waals surface area contributed by atoms with E-state index in [1.807, 2.05) is 0 Å². The van der Waals surface area contributed by atoms with Crippen molar-refractivity contribution in [3.8, 4) is 0 Å².